The number of halogens is 6. The van der Waals surface area contributed by atoms with E-state index in [4.69, 9.17) is 27.9 Å². The number of ether oxygens (including phenoxy) is 1. The molecule has 0 saturated carbocycles. The molecule has 4 rings (SSSR count). The maximum Gasteiger partial charge on any atom is 0.471 e. The van der Waals surface area contributed by atoms with E-state index in [-0.39, 0.29) is 18.4 Å². The Bertz CT molecular complexity index is 1350. The monoisotopic (exact) mass is 573 g/mol. The average Bonchev–Trinajstić information content (AvgIpc) is 3.29. The fourth-order valence-electron chi connectivity index (χ4n) is 4.75. The molecule has 1 saturated heterocycles. The van der Waals surface area contributed by atoms with Crippen LogP contribution in [0.2, 0.25) is 10.0 Å². The molecule has 204 valence electrons. The summed E-state index contributed by atoms with van der Waals surface area (Å²) < 4.78 is 59.1. The van der Waals surface area contributed by atoms with Crippen LogP contribution < -0.4 is 5.32 Å². The van der Waals surface area contributed by atoms with Crippen LogP contribution in [0.15, 0.2) is 36.5 Å². The second kappa shape index (κ2) is 11.5. The molecule has 0 atom stereocenters. The van der Waals surface area contributed by atoms with E-state index in [1.165, 1.54) is 18.2 Å². The van der Waals surface area contributed by atoms with Gasteiger partial charge < -0.3 is 19.5 Å². The third kappa shape index (κ3) is 5.92. The third-order valence-electron chi connectivity index (χ3n) is 6.68. The number of benzene rings is 2. The normalized spacial score (nSPS) is 14.8. The van der Waals surface area contributed by atoms with E-state index in [0.29, 0.717) is 76.7 Å². The van der Waals surface area contributed by atoms with Gasteiger partial charge in [0.15, 0.2) is 0 Å². The number of amides is 2. The van der Waals surface area contributed by atoms with Crippen molar-refractivity contribution in [2.45, 2.75) is 38.0 Å². The van der Waals surface area contributed by atoms with Crippen molar-refractivity contribution in [1.29, 1.82) is 0 Å². The van der Waals surface area contributed by atoms with Crippen LogP contribution in [0.1, 0.15) is 40.2 Å². The van der Waals surface area contributed by atoms with Gasteiger partial charge in [0.2, 0.25) is 0 Å². The number of hydrogen-bond donors (Lipinski definition) is 1. The van der Waals surface area contributed by atoms with Gasteiger partial charge in [-0.25, -0.2) is 4.39 Å². The lowest BCUT2D eigenvalue weighted by atomic mass is 9.88. The van der Waals surface area contributed by atoms with Gasteiger partial charge in [0.1, 0.15) is 5.82 Å². The summed E-state index contributed by atoms with van der Waals surface area (Å²) in [5.74, 6) is -3.00. The number of carbonyl (C=O) groups excluding carboxylic acids is 2. The van der Waals surface area contributed by atoms with E-state index >= 15 is 0 Å². The summed E-state index contributed by atoms with van der Waals surface area (Å²) in [6.07, 6.45) is -2.36. The molecular formula is C26H25Cl2F4N3O3. The van der Waals surface area contributed by atoms with Crippen LogP contribution in [0.4, 0.5) is 17.6 Å². The molecule has 3 aromatic rings. The SMILES string of the molecule is COCCn1cc(C(=O)N2CCC(c3cc(CNC(=O)C(F)(F)F)ccc3F)CC2)c2c(Cl)ccc(Cl)c21. The van der Waals surface area contributed by atoms with Gasteiger partial charge in [0.05, 0.1) is 27.7 Å². The molecule has 0 unspecified atom stereocenters. The highest BCUT2D eigenvalue weighted by Gasteiger charge is 2.38. The molecule has 0 bridgehead atoms. The molecule has 0 radical (unpaired) electrons. The number of carbonyl (C=O) groups is 2. The summed E-state index contributed by atoms with van der Waals surface area (Å²) >= 11 is 12.9. The molecule has 1 aliphatic rings. The number of nitrogens with zero attached hydrogens (tertiary/aromatic N) is 2. The summed E-state index contributed by atoms with van der Waals surface area (Å²) in [4.78, 5) is 26.3. The van der Waals surface area contributed by atoms with Crippen molar-refractivity contribution < 1.29 is 31.9 Å². The highest BCUT2D eigenvalue weighted by Crippen LogP contribution is 2.36. The van der Waals surface area contributed by atoms with E-state index < -0.39 is 17.9 Å². The first-order valence-electron chi connectivity index (χ1n) is 11.9. The van der Waals surface area contributed by atoms with Crippen molar-refractivity contribution in [3.63, 3.8) is 0 Å². The molecule has 38 heavy (non-hydrogen) atoms. The van der Waals surface area contributed by atoms with Gasteiger partial charge >= 0.3 is 12.1 Å². The lowest BCUT2D eigenvalue weighted by Crippen LogP contribution is -2.38. The number of methoxy groups -OCH3 is 1. The zero-order valence-corrected chi connectivity index (χ0v) is 21.9. The van der Waals surface area contributed by atoms with Gasteiger partial charge in [-0.1, -0.05) is 35.3 Å². The molecule has 2 aromatic carbocycles. The minimum Gasteiger partial charge on any atom is -0.383 e. The third-order valence-corrected chi connectivity index (χ3v) is 7.30. The number of hydrogen-bond acceptors (Lipinski definition) is 3. The second-order valence-electron chi connectivity index (χ2n) is 9.08. The predicted molar refractivity (Wildman–Crippen MR) is 136 cm³/mol. The molecule has 0 spiro atoms. The van der Waals surface area contributed by atoms with Gasteiger partial charge in [0.25, 0.3) is 5.91 Å². The summed E-state index contributed by atoms with van der Waals surface area (Å²) in [6, 6.07) is 7.31. The van der Waals surface area contributed by atoms with Crippen LogP contribution in [-0.2, 0) is 22.6 Å². The van der Waals surface area contributed by atoms with E-state index in [1.54, 1.807) is 35.7 Å². The van der Waals surface area contributed by atoms with E-state index in [2.05, 4.69) is 0 Å². The molecule has 12 heteroatoms. The largest absolute Gasteiger partial charge is 0.471 e. The van der Waals surface area contributed by atoms with Gasteiger partial charge in [-0.3, -0.25) is 9.59 Å². The molecule has 0 aliphatic carbocycles. The highest BCUT2D eigenvalue weighted by molar-refractivity contribution is 6.41. The Hall–Kier alpha value is -2.82. The number of nitrogens with one attached hydrogen (secondary N) is 1. The maximum atomic E-state index is 14.6. The number of likely N-dealkylation sites (tertiary alicyclic amines) is 1. The molecular weight excluding hydrogens is 549 g/mol. The van der Waals surface area contributed by atoms with Crippen molar-refractivity contribution in [2.24, 2.45) is 0 Å². The summed E-state index contributed by atoms with van der Waals surface area (Å²) in [5.41, 5.74) is 1.76. The standard InChI is InChI=1S/C26H25Cl2F4N3O3/c1-38-11-10-35-14-18(22-19(27)3-4-20(28)23(22)35)24(36)34-8-6-16(7-9-34)17-12-15(2-5-21(17)29)13-33-25(37)26(30,31)32/h2-5,12,14,16H,6-11,13H2,1H3,(H,33,37). The average molecular weight is 574 g/mol. The quantitative estimate of drug-likeness (QED) is 0.356. The van der Waals surface area contributed by atoms with Crippen LogP contribution in [-0.4, -0.2) is 54.3 Å². The summed E-state index contributed by atoms with van der Waals surface area (Å²) in [7, 11) is 1.58. The van der Waals surface area contributed by atoms with Gasteiger partial charge in [-0.15, -0.1) is 0 Å². The van der Waals surface area contributed by atoms with Crippen LogP contribution in [0, 0.1) is 5.82 Å². The Morgan fingerprint density at radius 2 is 1.79 bits per heavy atom. The zero-order valence-electron chi connectivity index (χ0n) is 20.4. The molecule has 1 aromatic heterocycles. The minimum absolute atomic E-state index is 0.224. The number of rotatable bonds is 7. The molecule has 2 heterocycles. The minimum atomic E-state index is -4.99. The Balaban J connectivity index is 1.49. The molecule has 2 amide bonds. The number of alkyl halides is 3. The molecule has 1 fully saturated rings. The highest BCUT2D eigenvalue weighted by atomic mass is 35.5. The Kier molecular flexibility index (Phi) is 8.54. The smallest absolute Gasteiger partial charge is 0.383 e. The first-order valence-corrected chi connectivity index (χ1v) is 12.6. The summed E-state index contributed by atoms with van der Waals surface area (Å²) in [5, 5.41) is 3.21. The first kappa shape index (κ1) is 28.2. The van der Waals surface area contributed by atoms with E-state index in [1.807, 2.05) is 4.57 Å². The summed E-state index contributed by atoms with van der Waals surface area (Å²) in [6.45, 7) is 1.21. The number of fused-ring (bicyclic) bond motifs is 1. The second-order valence-corrected chi connectivity index (χ2v) is 9.90. The van der Waals surface area contributed by atoms with Crippen molar-refractivity contribution in [1.82, 2.24) is 14.8 Å². The van der Waals surface area contributed by atoms with Crippen molar-refractivity contribution in [2.75, 3.05) is 26.8 Å². The number of aromatic nitrogens is 1. The van der Waals surface area contributed by atoms with Gasteiger partial charge in [0, 0.05) is 44.9 Å². The zero-order chi connectivity index (χ0) is 27.6. The van der Waals surface area contributed by atoms with Crippen LogP contribution in [0.25, 0.3) is 10.9 Å². The van der Waals surface area contributed by atoms with Crippen molar-refractivity contribution >= 4 is 45.9 Å². The fourth-order valence-corrected chi connectivity index (χ4v) is 5.27. The van der Waals surface area contributed by atoms with Gasteiger partial charge in [-0.2, -0.15) is 13.2 Å². The van der Waals surface area contributed by atoms with Gasteiger partial charge in [-0.05, 0) is 48.1 Å². The van der Waals surface area contributed by atoms with Crippen molar-refractivity contribution in [3.8, 4) is 0 Å². The van der Waals surface area contributed by atoms with Crippen LogP contribution in [0.5, 0.6) is 0 Å². The molecule has 6 nitrogen and oxygen atoms in total. The Morgan fingerprint density at radius 3 is 2.45 bits per heavy atom. The Labute approximate surface area is 226 Å². The van der Waals surface area contributed by atoms with E-state index in [0.717, 1.165) is 0 Å². The lowest BCUT2D eigenvalue weighted by Gasteiger charge is -2.32. The van der Waals surface area contributed by atoms with Crippen LogP contribution >= 0.6 is 23.2 Å². The van der Waals surface area contributed by atoms with Crippen LogP contribution in [0.3, 0.4) is 0 Å². The molecule has 1 N–H and O–H groups in total. The first-order chi connectivity index (χ1) is 18.0. The topological polar surface area (TPSA) is 63.6 Å². The molecule has 1 aliphatic heterocycles. The van der Waals surface area contributed by atoms with E-state index in [9.17, 15) is 27.2 Å². The predicted octanol–water partition coefficient (Wildman–Crippen LogP) is 5.93. The fraction of sp³-hybridized carbons (Fsp3) is 0.385. The maximum absolute atomic E-state index is 14.6. The Morgan fingerprint density at radius 1 is 1.11 bits per heavy atom. The van der Waals surface area contributed by atoms with Crippen molar-refractivity contribution in [3.05, 3.63) is 69.1 Å². The number of piperidine rings is 1. The lowest BCUT2D eigenvalue weighted by molar-refractivity contribution is -0.173.